The number of carbonyl (C=O) groups is 1. The molecule has 126 valence electrons. The van der Waals surface area contributed by atoms with Crippen molar-refractivity contribution in [2.24, 2.45) is 0 Å². The number of rotatable bonds is 3. The van der Waals surface area contributed by atoms with E-state index in [0.717, 1.165) is 10.0 Å². The second-order valence-electron chi connectivity index (χ2n) is 5.57. The molecule has 24 heavy (non-hydrogen) atoms. The fourth-order valence-corrected chi connectivity index (χ4v) is 4.52. The SMILES string of the molecule is Cc1cc(N(C)S(=O)(=O)c2cc3c(cc2Cl)NC(=O)C3)ccc1Br. The van der Waals surface area contributed by atoms with Gasteiger partial charge < -0.3 is 5.32 Å². The number of nitrogens with one attached hydrogen (secondary N) is 1. The van der Waals surface area contributed by atoms with Gasteiger partial charge in [-0.15, -0.1) is 0 Å². The maximum absolute atomic E-state index is 13.0. The summed E-state index contributed by atoms with van der Waals surface area (Å²) in [5.74, 6) is -0.174. The highest BCUT2D eigenvalue weighted by Crippen LogP contribution is 2.35. The van der Waals surface area contributed by atoms with E-state index in [-0.39, 0.29) is 22.2 Å². The number of sulfonamides is 1. The molecule has 0 aliphatic carbocycles. The number of anilines is 2. The molecule has 1 amide bonds. The third-order valence-electron chi connectivity index (χ3n) is 3.93. The zero-order valence-electron chi connectivity index (χ0n) is 12.9. The Bertz CT molecular complexity index is 960. The third-order valence-corrected chi connectivity index (χ3v) is 7.07. The summed E-state index contributed by atoms with van der Waals surface area (Å²) in [5, 5.41) is 2.73. The van der Waals surface area contributed by atoms with E-state index in [1.165, 1.54) is 23.5 Å². The molecule has 0 aromatic heterocycles. The second kappa shape index (κ2) is 6.06. The highest BCUT2D eigenvalue weighted by Gasteiger charge is 2.28. The number of amides is 1. The van der Waals surface area contributed by atoms with E-state index in [4.69, 9.17) is 11.6 Å². The second-order valence-corrected chi connectivity index (χ2v) is 8.77. The number of hydrogen-bond acceptors (Lipinski definition) is 3. The summed E-state index contributed by atoms with van der Waals surface area (Å²) in [6, 6.07) is 8.22. The van der Waals surface area contributed by atoms with Crippen LogP contribution in [-0.4, -0.2) is 21.4 Å². The quantitative estimate of drug-likeness (QED) is 0.808. The molecule has 8 heteroatoms. The largest absolute Gasteiger partial charge is 0.325 e. The van der Waals surface area contributed by atoms with E-state index >= 15 is 0 Å². The predicted molar refractivity (Wildman–Crippen MR) is 98.3 cm³/mol. The van der Waals surface area contributed by atoms with Crippen LogP contribution in [-0.2, 0) is 21.2 Å². The molecule has 1 N–H and O–H groups in total. The molecule has 1 aliphatic heterocycles. The van der Waals surface area contributed by atoms with Gasteiger partial charge in [0.2, 0.25) is 5.91 Å². The molecule has 2 aromatic rings. The van der Waals surface area contributed by atoms with Gasteiger partial charge in [-0.1, -0.05) is 27.5 Å². The van der Waals surface area contributed by atoms with Crippen molar-refractivity contribution >= 4 is 54.8 Å². The Morgan fingerprint density at radius 1 is 1.25 bits per heavy atom. The van der Waals surface area contributed by atoms with Gasteiger partial charge in [0.25, 0.3) is 10.0 Å². The van der Waals surface area contributed by atoms with Gasteiger partial charge in [-0.05, 0) is 48.4 Å². The maximum Gasteiger partial charge on any atom is 0.265 e. The summed E-state index contributed by atoms with van der Waals surface area (Å²) < 4.78 is 28.0. The fraction of sp³-hybridized carbons (Fsp3) is 0.188. The molecular weight excluding hydrogens is 416 g/mol. The van der Waals surface area contributed by atoms with E-state index in [1.54, 1.807) is 18.2 Å². The van der Waals surface area contributed by atoms with E-state index in [9.17, 15) is 13.2 Å². The van der Waals surface area contributed by atoms with Crippen molar-refractivity contribution in [2.75, 3.05) is 16.7 Å². The van der Waals surface area contributed by atoms with Crippen LogP contribution in [0.25, 0.3) is 0 Å². The molecule has 1 heterocycles. The first-order valence-corrected chi connectivity index (χ1v) is 9.68. The van der Waals surface area contributed by atoms with Crippen molar-refractivity contribution in [3.8, 4) is 0 Å². The zero-order valence-corrected chi connectivity index (χ0v) is 16.1. The van der Waals surface area contributed by atoms with Crippen molar-refractivity contribution in [1.29, 1.82) is 0 Å². The molecule has 5 nitrogen and oxygen atoms in total. The number of benzene rings is 2. The summed E-state index contributed by atoms with van der Waals surface area (Å²) in [7, 11) is -2.37. The molecule has 3 rings (SSSR count). The van der Waals surface area contributed by atoms with Gasteiger partial charge in [-0.25, -0.2) is 8.42 Å². The van der Waals surface area contributed by atoms with Crippen LogP contribution in [0.3, 0.4) is 0 Å². The molecule has 0 fully saturated rings. The first kappa shape index (κ1) is 17.3. The lowest BCUT2D eigenvalue weighted by molar-refractivity contribution is -0.115. The highest BCUT2D eigenvalue weighted by atomic mass is 79.9. The Morgan fingerprint density at radius 2 is 1.96 bits per heavy atom. The smallest absolute Gasteiger partial charge is 0.265 e. The fourth-order valence-electron chi connectivity index (χ4n) is 2.53. The Morgan fingerprint density at radius 3 is 2.62 bits per heavy atom. The standard InChI is InChI=1S/C16H14BrClN2O3S/c1-9-5-11(3-4-12(9)17)20(2)24(22,23)15-6-10-7-16(21)19-14(10)8-13(15)18/h3-6,8H,7H2,1-2H3,(H,19,21). The Labute approximate surface area is 153 Å². The van der Waals surface area contributed by atoms with Crippen molar-refractivity contribution in [2.45, 2.75) is 18.2 Å². The lowest BCUT2D eigenvalue weighted by atomic mass is 10.2. The van der Waals surface area contributed by atoms with Crippen LogP contribution in [0.4, 0.5) is 11.4 Å². The molecule has 0 radical (unpaired) electrons. The van der Waals surface area contributed by atoms with Crippen molar-refractivity contribution in [3.63, 3.8) is 0 Å². The summed E-state index contributed by atoms with van der Waals surface area (Å²) in [5.41, 5.74) is 2.64. The Balaban J connectivity index is 2.06. The van der Waals surface area contributed by atoms with E-state index in [0.29, 0.717) is 16.9 Å². The van der Waals surface area contributed by atoms with Crippen LogP contribution in [0.5, 0.6) is 0 Å². The van der Waals surface area contributed by atoms with Gasteiger partial charge in [0, 0.05) is 17.2 Å². The van der Waals surface area contributed by atoms with Crippen LogP contribution >= 0.6 is 27.5 Å². The van der Waals surface area contributed by atoms with Crippen LogP contribution < -0.4 is 9.62 Å². The molecular formula is C16H14BrClN2O3S. The highest BCUT2D eigenvalue weighted by molar-refractivity contribution is 9.10. The van der Waals surface area contributed by atoms with Gasteiger partial charge in [0.15, 0.2) is 0 Å². The molecule has 0 bridgehead atoms. The zero-order chi connectivity index (χ0) is 17.6. The minimum atomic E-state index is -3.84. The number of hydrogen-bond donors (Lipinski definition) is 1. The summed E-state index contributed by atoms with van der Waals surface area (Å²) in [6.07, 6.45) is 0.149. The van der Waals surface area contributed by atoms with Crippen LogP contribution in [0, 0.1) is 6.92 Å². The van der Waals surface area contributed by atoms with Gasteiger partial charge >= 0.3 is 0 Å². The van der Waals surface area contributed by atoms with Crippen molar-refractivity contribution in [1.82, 2.24) is 0 Å². The normalized spacial score (nSPS) is 13.6. The van der Waals surface area contributed by atoms with Crippen LogP contribution in [0.1, 0.15) is 11.1 Å². The van der Waals surface area contributed by atoms with E-state index in [1.807, 2.05) is 6.92 Å². The average molecular weight is 430 g/mol. The first-order chi connectivity index (χ1) is 11.2. The monoisotopic (exact) mass is 428 g/mol. The summed E-state index contributed by atoms with van der Waals surface area (Å²) in [6.45, 7) is 1.88. The minimum Gasteiger partial charge on any atom is -0.325 e. The molecule has 0 saturated carbocycles. The number of aryl methyl sites for hydroxylation is 1. The Kier molecular flexibility index (Phi) is 4.36. The minimum absolute atomic E-state index is 0.0116. The Hall–Kier alpha value is -1.57. The number of nitrogens with zero attached hydrogens (tertiary/aromatic N) is 1. The topological polar surface area (TPSA) is 66.5 Å². The number of halogens is 2. The van der Waals surface area contributed by atoms with Gasteiger partial charge in [-0.2, -0.15) is 0 Å². The van der Waals surface area contributed by atoms with Crippen LogP contribution in [0.15, 0.2) is 39.7 Å². The predicted octanol–water partition coefficient (Wildman–Crippen LogP) is 3.73. The van der Waals surface area contributed by atoms with Crippen molar-refractivity contribution in [3.05, 3.63) is 51.0 Å². The maximum atomic E-state index is 13.0. The summed E-state index contributed by atoms with van der Waals surface area (Å²) >= 11 is 9.56. The molecule has 1 aliphatic rings. The molecule has 0 saturated heterocycles. The lowest BCUT2D eigenvalue weighted by Gasteiger charge is -2.21. The number of fused-ring (bicyclic) bond motifs is 1. The third kappa shape index (κ3) is 2.92. The van der Waals surface area contributed by atoms with Gasteiger partial charge in [-0.3, -0.25) is 9.10 Å². The lowest BCUT2D eigenvalue weighted by Crippen LogP contribution is -2.27. The summed E-state index contributed by atoms with van der Waals surface area (Å²) in [4.78, 5) is 11.5. The average Bonchev–Trinajstić information content (AvgIpc) is 2.87. The number of carbonyl (C=O) groups excluding carboxylic acids is 1. The molecule has 2 aromatic carbocycles. The molecule has 0 spiro atoms. The van der Waals surface area contributed by atoms with Crippen molar-refractivity contribution < 1.29 is 13.2 Å². The van der Waals surface area contributed by atoms with E-state index in [2.05, 4.69) is 21.2 Å². The van der Waals surface area contributed by atoms with Crippen LogP contribution in [0.2, 0.25) is 5.02 Å². The molecule has 0 unspecified atom stereocenters. The van der Waals surface area contributed by atoms with Gasteiger partial charge in [0.1, 0.15) is 4.90 Å². The van der Waals surface area contributed by atoms with Gasteiger partial charge in [0.05, 0.1) is 17.1 Å². The first-order valence-electron chi connectivity index (χ1n) is 7.07. The van der Waals surface area contributed by atoms with E-state index < -0.39 is 10.0 Å². The molecule has 0 atom stereocenters.